The molecule has 1 aromatic rings. The van der Waals surface area contributed by atoms with Gasteiger partial charge in [0.15, 0.2) is 5.96 Å². The fourth-order valence-electron chi connectivity index (χ4n) is 4.00. The predicted octanol–water partition coefficient (Wildman–Crippen LogP) is 3.66. The second kappa shape index (κ2) is 13.1. The van der Waals surface area contributed by atoms with Gasteiger partial charge >= 0.3 is 0 Å². The van der Waals surface area contributed by atoms with Crippen molar-refractivity contribution < 1.29 is 9.47 Å². The number of guanidine groups is 1. The highest BCUT2D eigenvalue weighted by Crippen LogP contribution is 2.33. The van der Waals surface area contributed by atoms with Crippen molar-refractivity contribution in [2.24, 2.45) is 4.99 Å². The summed E-state index contributed by atoms with van der Waals surface area (Å²) in [6.07, 6.45) is 2.41. The molecule has 0 aliphatic carbocycles. The maximum absolute atomic E-state index is 6.16. The number of nitrogens with one attached hydrogen (secondary N) is 2. The molecule has 1 aromatic carbocycles. The first-order valence-corrected chi connectivity index (χ1v) is 12.3. The number of rotatable bonds is 8. The smallest absolute Gasteiger partial charge is 0.191 e. The number of nitrogens with zero attached hydrogens (tertiary/aromatic N) is 2. The van der Waals surface area contributed by atoms with Crippen molar-refractivity contribution in [1.29, 1.82) is 0 Å². The Morgan fingerprint density at radius 3 is 2.74 bits per heavy atom. The fraction of sp³-hybridized carbons (Fsp3) is 0.696. The van der Waals surface area contributed by atoms with E-state index in [0.29, 0.717) is 6.54 Å². The van der Waals surface area contributed by atoms with Gasteiger partial charge in [0, 0.05) is 50.1 Å². The van der Waals surface area contributed by atoms with E-state index in [9.17, 15) is 0 Å². The average molecular weight is 563 g/mol. The van der Waals surface area contributed by atoms with E-state index in [1.165, 1.54) is 23.5 Å². The number of hydrogen-bond acceptors (Lipinski definition) is 5. The average Bonchev–Trinajstić information content (AvgIpc) is 3.26. The number of ether oxygens (including phenoxy) is 2. The molecule has 176 valence electrons. The standard InChI is InChI=1S/C23H38N4O2S.HI/c1-5-19(3)29-21-14-18(2)6-7-20(21)15-25-22(24-4)26-16-23(8-13-30-17-23)27-9-11-28-12-10-27;/h6-7,14,19H,5,8-13,15-17H2,1-4H3,(H2,24,25,26);1H. The summed E-state index contributed by atoms with van der Waals surface area (Å²) in [6.45, 7) is 11.7. The zero-order valence-corrected chi connectivity index (χ0v) is 22.6. The van der Waals surface area contributed by atoms with Crippen LogP contribution >= 0.6 is 35.7 Å². The van der Waals surface area contributed by atoms with Gasteiger partial charge in [0.05, 0.1) is 19.3 Å². The van der Waals surface area contributed by atoms with Crippen LogP contribution in [0.25, 0.3) is 0 Å². The first-order valence-electron chi connectivity index (χ1n) is 11.2. The zero-order valence-electron chi connectivity index (χ0n) is 19.4. The Morgan fingerprint density at radius 2 is 2.10 bits per heavy atom. The first-order chi connectivity index (χ1) is 14.6. The van der Waals surface area contributed by atoms with Crippen LogP contribution < -0.4 is 15.4 Å². The molecule has 6 nitrogen and oxygen atoms in total. The minimum Gasteiger partial charge on any atom is -0.490 e. The van der Waals surface area contributed by atoms with Crippen LogP contribution in [0.4, 0.5) is 0 Å². The number of aliphatic imine (C=N–C) groups is 1. The molecule has 0 saturated carbocycles. The lowest BCUT2D eigenvalue weighted by Crippen LogP contribution is -2.60. The molecule has 0 bridgehead atoms. The van der Waals surface area contributed by atoms with E-state index in [-0.39, 0.29) is 35.6 Å². The van der Waals surface area contributed by atoms with Crippen LogP contribution in [0.3, 0.4) is 0 Å². The van der Waals surface area contributed by atoms with Gasteiger partial charge in [0.1, 0.15) is 5.75 Å². The monoisotopic (exact) mass is 562 g/mol. The van der Waals surface area contributed by atoms with Crippen molar-refractivity contribution in [2.75, 3.05) is 51.4 Å². The van der Waals surface area contributed by atoms with E-state index in [0.717, 1.165) is 56.5 Å². The number of aryl methyl sites for hydroxylation is 1. The Labute approximate surface area is 209 Å². The molecule has 0 amide bonds. The summed E-state index contributed by atoms with van der Waals surface area (Å²) in [4.78, 5) is 7.09. The van der Waals surface area contributed by atoms with Gasteiger partial charge in [-0.05, 0) is 44.1 Å². The summed E-state index contributed by atoms with van der Waals surface area (Å²) in [7, 11) is 1.84. The van der Waals surface area contributed by atoms with Crippen LogP contribution in [0.1, 0.15) is 37.8 Å². The number of benzene rings is 1. The molecule has 2 N–H and O–H groups in total. The van der Waals surface area contributed by atoms with Gasteiger partial charge in [0.25, 0.3) is 0 Å². The number of hydrogen-bond donors (Lipinski definition) is 2. The Morgan fingerprint density at radius 1 is 1.32 bits per heavy atom. The molecule has 2 saturated heterocycles. The predicted molar refractivity (Wildman–Crippen MR) is 142 cm³/mol. The Hall–Kier alpha value is -0.710. The second-order valence-corrected chi connectivity index (χ2v) is 9.46. The van der Waals surface area contributed by atoms with Crippen LogP contribution in [0, 0.1) is 6.92 Å². The summed E-state index contributed by atoms with van der Waals surface area (Å²) < 4.78 is 11.7. The first kappa shape index (κ1) is 26.5. The Bertz CT molecular complexity index is 707. The van der Waals surface area contributed by atoms with Gasteiger partial charge in [-0.1, -0.05) is 19.1 Å². The van der Waals surface area contributed by atoms with Crippen LogP contribution in [0.2, 0.25) is 0 Å². The maximum Gasteiger partial charge on any atom is 0.191 e. The maximum atomic E-state index is 6.16. The summed E-state index contributed by atoms with van der Waals surface area (Å²) in [5.41, 5.74) is 2.56. The molecule has 2 aliphatic heterocycles. The van der Waals surface area contributed by atoms with Gasteiger partial charge in [-0.15, -0.1) is 24.0 Å². The molecular weight excluding hydrogens is 523 g/mol. The lowest BCUT2D eigenvalue weighted by Gasteiger charge is -2.43. The van der Waals surface area contributed by atoms with Crippen LogP contribution in [-0.2, 0) is 11.3 Å². The highest BCUT2D eigenvalue weighted by molar-refractivity contribution is 14.0. The van der Waals surface area contributed by atoms with E-state index in [2.05, 4.69) is 71.3 Å². The largest absolute Gasteiger partial charge is 0.490 e. The Kier molecular flexibility index (Phi) is 11.2. The molecule has 8 heteroatoms. The summed E-state index contributed by atoms with van der Waals surface area (Å²) in [6, 6.07) is 6.42. The molecule has 2 fully saturated rings. The fourth-order valence-corrected chi connectivity index (χ4v) is 5.48. The quantitative estimate of drug-likeness (QED) is 0.287. The van der Waals surface area contributed by atoms with Crippen molar-refractivity contribution in [3.63, 3.8) is 0 Å². The summed E-state index contributed by atoms with van der Waals surface area (Å²) in [5, 5.41) is 7.09. The highest BCUT2D eigenvalue weighted by atomic mass is 127. The van der Waals surface area contributed by atoms with Crippen LogP contribution in [0.15, 0.2) is 23.2 Å². The van der Waals surface area contributed by atoms with Gasteiger partial charge in [0.2, 0.25) is 0 Å². The summed E-state index contributed by atoms with van der Waals surface area (Å²) in [5.74, 6) is 4.20. The normalized spacial score (nSPS) is 23.2. The minimum atomic E-state index is 0. The third-order valence-electron chi connectivity index (χ3n) is 6.14. The molecule has 0 radical (unpaired) electrons. The molecule has 2 aliphatic rings. The van der Waals surface area contributed by atoms with Gasteiger partial charge in [-0.3, -0.25) is 9.89 Å². The van der Waals surface area contributed by atoms with Crippen LogP contribution in [-0.4, -0.2) is 73.9 Å². The third-order valence-corrected chi connectivity index (χ3v) is 7.38. The van der Waals surface area contributed by atoms with E-state index in [1.807, 2.05) is 7.05 Å². The van der Waals surface area contributed by atoms with Crippen molar-refractivity contribution in [1.82, 2.24) is 15.5 Å². The molecule has 2 heterocycles. The summed E-state index contributed by atoms with van der Waals surface area (Å²) >= 11 is 2.06. The second-order valence-electron chi connectivity index (χ2n) is 8.35. The van der Waals surface area contributed by atoms with Crippen molar-refractivity contribution in [3.8, 4) is 5.75 Å². The lowest BCUT2D eigenvalue weighted by molar-refractivity contribution is -0.0120. The third kappa shape index (κ3) is 7.40. The highest BCUT2D eigenvalue weighted by Gasteiger charge is 2.40. The molecule has 2 atom stereocenters. The molecule has 0 aromatic heterocycles. The van der Waals surface area contributed by atoms with E-state index in [4.69, 9.17) is 9.47 Å². The van der Waals surface area contributed by atoms with E-state index < -0.39 is 0 Å². The Balaban J connectivity index is 0.00000341. The number of thioether (sulfide) groups is 1. The molecule has 3 rings (SSSR count). The molecule has 0 spiro atoms. The SMILES string of the molecule is CCC(C)Oc1cc(C)ccc1CNC(=NC)NCC1(N2CCOCC2)CCSC1.I. The molecular formula is C23H39IN4O2S. The van der Waals surface area contributed by atoms with E-state index >= 15 is 0 Å². The van der Waals surface area contributed by atoms with Gasteiger partial charge < -0.3 is 20.1 Å². The lowest BCUT2D eigenvalue weighted by atomic mass is 9.95. The molecule has 2 unspecified atom stereocenters. The van der Waals surface area contributed by atoms with Gasteiger partial charge in [-0.2, -0.15) is 11.8 Å². The van der Waals surface area contributed by atoms with Crippen LogP contribution in [0.5, 0.6) is 5.75 Å². The topological polar surface area (TPSA) is 58.1 Å². The van der Waals surface area contributed by atoms with Crippen molar-refractivity contribution >= 4 is 41.7 Å². The van der Waals surface area contributed by atoms with Crippen molar-refractivity contribution in [2.45, 2.75) is 51.8 Å². The van der Waals surface area contributed by atoms with E-state index in [1.54, 1.807) is 0 Å². The number of halogens is 1. The number of morpholine rings is 1. The molecule has 31 heavy (non-hydrogen) atoms. The van der Waals surface area contributed by atoms with Gasteiger partial charge in [-0.25, -0.2) is 0 Å². The minimum absolute atomic E-state index is 0. The van der Waals surface area contributed by atoms with Crippen molar-refractivity contribution in [3.05, 3.63) is 29.3 Å². The zero-order chi connectivity index (χ0) is 21.4.